The molecule has 1 heterocycles. The van der Waals surface area contributed by atoms with Crippen LogP contribution >= 0.6 is 15.9 Å². The number of hydrogen-bond acceptors (Lipinski definition) is 5. The van der Waals surface area contributed by atoms with Crippen LogP contribution in [0, 0.1) is 10.1 Å². The molecule has 2 aromatic rings. The summed E-state index contributed by atoms with van der Waals surface area (Å²) in [4.78, 5) is 14.5. The number of benzene rings is 1. The molecule has 1 aromatic carbocycles. The fourth-order valence-corrected chi connectivity index (χ4v) is 2.19. The Balaban J connectivity index is 2.22. The summed E-state index contributed by atoms with van der Waals surface area (Å²) in [5, 5.41) is 20.5. The molecule has 0 spiro atoms. The van der Waals surface area contributed by atoms with E-state index in [4.69, 9.17) is 4.74 Å². The van der Waals surface area contributed by atoms with Crippen LogP contribution in [-0.4, -0.2) is 15.0 Å². The van der Waals surface area contributed by atoms with Gasteiger partial charge in [-0.15, -0.1) is 0 Å². The minimum Gasteiger partial charge on any atom is -0.454 e. The summed E-state index contributed by atoms with van der Waals surface area (Å²) in [5.41, 5.74) is 0.487. The maximum absolute atomic E-state index is 10.9. The van der Waals surface area contributed by atoms with Crippen molar-refractivity contribution < 1.29 is 14.8 Å². The maximum atomic E-state index is 10.9. The van der Waals surface area contributed by atoms with Crippen molar-refractivity contribution in [3.05, 3.63) is 56.8 Å². The quantitative estimate of drug-likeness (QED) is 0.649. The lowest BCUT2D eigenvalue weighted by atomic mass is 10.2. The van der Waals surface area contributed by atoms with Crippen molar-refractivity contribution in [2.24, 2.45) is 0 Å². The van der Waals surface area contributed by atoms with Gasteiger partial charge in [0.2, 0.25) is 0 Å². The van der Waals surface area contributed by atoms with Gasteiger partial charge in [0.05, 0.1) is 22.9 Å². The lowest BCUT2D eigenvalue weighted by Gasteiger charge is -2.10. The van der Waals surface area contributed by atoms with Crippen molar-refractivity contribution in [1.82, 2.24) is 4.98 Å². The zero-order chi connectivity index (χ0) is 15.4. The Kier molecular flexibility index (Phi) is 4.87. The van der Waals surface area contributed by atoms with Crippen LogP contribution in [0.3, 0.4) is 0 Å². The topological polar surface area (TPSA) is 85.5 Å². The first-order valence-corrected chi connectivity index (χ1v) is 7.07. The van der Waals surface area contributed by atoms with Crippen LogP contribution < -0.4 is 4.74 Å². The fraction of sp³-hybridized carbons (Fsp3) is 0.214. The second-order valence-corrected chi connectivity index (χ2v) is 5.08. The van der Waals surface area contributed by atoms with E-state index in [9.17, 15) is 15.2 Å². The van der Waals surface area contributed by atoms with E-state index in [-0.39, 0.29) is 10.2 Å². The zero-order valence-electron chi connectivity index (χ0n) is 11.2. The molecule has 1 aromatic heterocycles. The summed E-state index contributed by atoms with van der Waals surface area (Å²) in [5.74, 6) is 0.762. The van der Waals surface area contributed by atoms with Crippen LogP contribution in [0.2, 0.25) is 0 Å². The first-order chi connectivity index (χ1) is 10.0. The molecule has 0 fully saturated rings. The van der Waals surface area contributed by atoms with E-state index in [1.807, 2.05) is 6.92 Å². The van der Waals surface area contributed by atoms with Crippen LogP contribution in [0.15, 0.2) is 41.0 Å². The molecule has 7 heteroatoms. The summed E-state index contributed by atoms with van der Waals surface area (Å²) in [7, 11) is 0. The Morgan fingerprint density at radius 2 is 2.19 bits per heavy atom. The van der Waals surface area contributed by atoms with Crippen molar-refractivity contribution in [2.75, 3.05) is 0 Å². The van der Waals surface area contributed by atoms with Gasteiger partial charge < -0.3 is 9.84 Å². The second-order valence-electron chi connectivity index (χ2n) is 4.29. The molecule has 0 aliphatic heterocycles. The van der Waals surface area contributed by atoms with Gasteiger partial charge >= 0.3 is 0 Å². The summed E-state index contributed by atoms with van der Waals surface area (Å²) in [6.07, 6.45) is 1.44. The third-order valence-corrected chi connectivity index (χ3v) is 3.65. The Labute approximate surface area is 129 Å². The van der Waals surface area contributed by atoms with Crippen molar-refractivity contribution in [2.45, 2.75) is 19.4 Å². The van der Waals surface area contributed by atoms with Crippen LogP contribution in [0.1, 0.15) is 25.1 Å². The van der Waals surface area contributed by atoms with E-state index in [2.05, 4.69) is 20.9 Å². The van der Waals surface area contributed by atoms with E-state index < -0.39 is 11.0 Å². The SMILES string of the molecule is CC[C@H](O)c1ccc(Oc2cccc([N+](=O)[O-])c2Br)cn1. The molecule has 6 nitrogen and oxygen atoms in total. The standard InChI is InChI=1S/C14H13BrN2O4/c1-2-12(18)10-7-6-9(8-16-10)21-13-5-3-4-11(14(13)15)17(19)20/h3-8,12,18H,2H2,1H3/t12-/m0/s1. The average molecular weight is 353 g/mol. The summed E-state index contributed by atoms with van der Waals surface area (Å²) in [6.45, 7) is 1.86. The summed E-state index contributed by atoms with van der Waals surface area (Å²) in [6, 6.07) is 7.86. The van der Waals surface area contributed by atoms with Gasteiger partial charge in [-0.25, -0.2) is 0 Å². The third kappa shape index (κ3) is 3.56. The predicted molar refractivity (Wildman–Crippen MR) is 80.4 cm³/mol. The van der Waals surface area contributed by atoms with Crippen molar-refractivity contribution >= 4 is 21.6 Å². The molecular formula is C14H13BrN2O4. The van der Waals surface area contributed by atoms with Crippen molar-refractivity contribution in [3.8, 4) is 11.5 Å². The first-order valence-electron chi connectivity index (χ1n) is 6.27. The zero-order valence-corrected chi connectivity index (χ0v) is 12.8. The van der Waals surface area contributed by atoms with E-state index in [0.717, 1.165) is 0 Å². The van der Waals surface area contributed by atoms with E-state index in [1.54, 1.807) is 24.3 Å². The number of halogens is 1. The minimum absolute atomic E-state index is 0.0708. The normalized spacial score (nSPS) is 12.0. The number of aliphatic hydroxyl groups is 1. The van der Waals surface area contributed by atoms with Gasteiger partial charge in [0, 0.05) is 6.07 Å². The van der Waals surface area contributed by atoms with Gasteiger partial charge in [-0.3, -0.25) is 15.1 Å². The molecule has 0 bridgehead atoms. The molecule has 1 atom stereocenters. The minimum atomic E-state index is -0.608. The van der Waals surface area contributed by atoms with Crippen molar-refractivity contribution in [3.63, 3.8) is 0 Å². The lowest BCUT2D eigenvalue weighted by Crippen LogP contribution is -1.98. The number of nitrogens with zero attached hydrogens (tertiary/aromatic N) is 2. The number of nitro benzene ring substituents is 1. The number of aliphatic hydroxyl groups excluding tert-OH is 1. The molecule has 0 radical (unpaired) electrons. The number of pyridine rings is 1. The Morgan fingerprint density at radius 3 is 2.76 bits per heavy atom. The van der Waals surface area contributed by atoms with Gasteiger partial charge in [-0.1, -0.05) is 13.0 Å². The van der Waals surface area contributed by atoms with Gasteiger partial charge in [-0.05, 0) is 40.5 Å². The second kappa shape index (κ2) is 6.64. The monoisotopic (exact) mass is 352 g/mol. The molecule has 0 aliphatic carbocycles. The van der Waals surface area contributed by atoms with E-state index >= 15 is 0 Å². The average Bonchev–Trinajstić information content (AvgIpc) is 2.49. The highest BCUT2D eigenvalue weighted by Crippen LogP contribution is 2.36. The van der Waals surface area contributed by atoms with Gasteiger partial charge in [0.15, 0.2) is 0 Å². The Morgan fingerprint density at radius 1 is 1.43 bits per heavy atom. The van der Waals surface area contributed by atoms with Gasteiger partial charge in [-0.2, -0.15) is 0 Å². The number of rotatable bonds is 5. The predicted octanol–water partition coefficient (Wildman–Crippen LogP) is 3.99. The molecule has 0 saturated heterocycles. The largest absolute Gasteiger partial charge is 0.454 e. The molecular weight excluding hydrogens is 340 g/mol. The molecule has 0 aliphatic rings. The van der Waals surface area contributed by atoms with Crippen LogP contribution in [0.5, 0.6) is 11.5 Å². The van der Waals surface area contributed by atoms with Crippen LogP contribution in [-0.2, 0) is 0 Å². The molecule has 0 amide bonds. The molecule has 110 valence electrons. The molecule has 0 saturated carbocycles. The van der Waals surface area contributed by atoms with Gasteiger partial charge in [0.1, 0.15) is 16.0 Å². The van der Waals surface area contributed by atoms with E-state index in [1.165, 1.54) is 12.3 Å². The number of nitro groups is 1. The summed E-state index contributed by atoms with van der Waals surface area (Å²) >= 11 is 3.16. The lowest BCUT2D eigenvalue weighted by molar-refractivity contribution is -0.385. The first kappa shape index (κ1) is 15.4. The molecule has 0 unspecified atom stereocenters. The highest BCUT2D eigenvalue weighted by molar-refractivity contribution is 9.10. The van der Waals surface area contributed by atoms with E-state index in [0.29, 0.717) is 23.6 Å². The molecule has 2 rings (SSSR count). The number of aromatic nitrogens is 1. The summed E-state index contributed by atoms with van der Waals surface area (Å²) < 4.78 is 5.84. The van der Waals surface area contributed by atoms with Crippen LogP contribution in [0.4, 0.5) is 5.69 Å². The smallest absolute Gasteiger partial charge is 0.287 e. The molecule has 1 N–H and O–H groups in total. The van der Waals surface area contributed by atoms with Crippen molar-refractivity contribution in [1.29, 1.82) is 0 Å². The maximum Gasteiger partial charge on any atom is 0.287 e. The Bertz CT molecular complexity index is 646. The third-order valence-electron chi connectivity index (χ3n) is 2.85. The fourth-order valence-electron chi connectivity index (χ4n) is 1.70. The van der Waals surface area contributed by atoms with Gasteiger partial charge in [0.25, 0.3) is 5.69 Å². The highest BCUT2D eigenvalue weighted by atomic mass is 79.9. The number of hydrogen-bond donors (Lipinski definition) is 1. The Hall–Kier alpha value is -1.99. The number of ether oxygens (including phenoxy) is 1. The highest BCUT2D eigenvalue weighted by Gasteiger charge is 2.16. The van der Waals surface area contributed by atoms with Crippen LogP contribution in [0.25, 0.3) is 0 Å². The molecule has 21 heavy (non-hydrogen) atoms.